The van der Waals surface area contributed by atoms with Gasteiger partial charge in [0.1, 0.15) is 17.3 Å². The number of rotatable bonds is 4. The average Bonchev–Trinajstić information content (AvgIpc) is 2.37. The van der Waals surface area contributed by atoms with E-state index in [9.17, 15) is 5.11 Å². The molecular formula is C14H23ClN4O. The van der Waals surface area contributed by atoms with Crippen molar-refractivity contribution in [3.05, 3.63) is 17.0 Å². The number of β-amino-alcohol motifs (C(OH)–C–C–N with tert-alkyl or cyclic N) is 1. The van der Waals surface area contributed by atoms with Gasteiger partial charge in [-0.05, 0) is 20.3 Å². The second-order valence-electron chi connectivity index (χ2n) is 5.90. The summed E-state index contributed by atoms with van der Waals surface area (Å²) >= 11 is 6.14. The Morgan fingerprint density at radius 3 is 2.45 bits per heavy atom. The fraction of sp³-hybridized carbons (Fsp3) is 0.714. The second-order valence-corrected chi connectivity index (χ2v) is 6.25. The minimum atomic E-state index is -0.644. The van der Waals surface area contributed by atoms with Crippen LogP contribution in [0.3, 0.4) is 0 Å². The summed E-state index contributed by atoms with van der Waals surface area (Å²) in [5.74, 6) is 0.954. The van der Waals surface area contributed by atoms with Crippen LogP contribution < -0.4 is 4.90 Å². The first-order chi connectivity index (χ1) is 9.40. The van der Waals surface area contributed by atoms with Gasteiger partial charge in [0.05, 0.1) is 5.60 Å². The molecule has 0 amide bonds. The fourth-order valence-corrected chi connectivity index (χ4v) is 2.89. The van der Waals surface area contributed by atoms with Crippen LogP contribution in [0.5, 0.6) is 0 Å². The molecule has 0 saturated carbocycles. The lowest BCUT2D eigenvalue weighted by molar-refractivity contribution is 0.0344. The maximum Gasteiger partial charge on any atom is 0.137 e. The molecule has 1 aliphatic rings. The first kappa shape index (κ1) is 15.5. The van der Waals surface area contributed by atoms with Crippen LogP contribution in [0.15, 0.2) is 6.33 Å². The SMILES string of the molecule is CCc1c(Cl)ncnc1N1CCN(CC(C)(C)O)CC1. The third-order valence-electron chi connectivity index (χ3n) is 3.51. The molecule has 0 unspecified atom stereocenters. The zero-order chi connectivity index (χ0) is 14.8. The first-order valence-electron chi connectivity index (χ1n) is 7.10. The Morgan fingerprint density at radius 2 is 1.90 bits per heavy atom. The van der Waals surface area contributed by atoms with Crippen molar-refractivity contribution >= 4 is 17.4 Å². The molecule has 1 aliphatic heterocycles. The number of piperazine rings is 1. The van der Waals surface area contributed by atoms with E-state index in [0.717, 1.165) is 44.0 Å². The van der Waals surface area contributed by atoms with Gasteiger partial charge in [-0.1, -0.05) is 18.5 Å². The van der Waals surface area contributed by atoms with E-state index in [1.165, 1.54) is 6.33 Å². The zero-order valence-corrected chi connectivity index (χ0v) is 13.2. The lowest BCUT2D eigenvalue weighted by Gasteiger charge is -2.38. The number of halogens is 1. The number of aromatic nitrogens is 2. The molecule has 5 nitrogen and oxygen atoms in total. The summed E-state index contributed by atoms with van der Waals surface area (Å²) < 4.78 is 0. The molecule has 2 rings (SSSR count). The van der Waals surface area contributed by atoms with Crippen LogP contribution in [0.25, 0.3) is 0 Å². The highest BCUT2D eigenvalue weighted by atomic mass is 35.5. The molecule has 6 heteroatoms. The number of hydrogen-bond donors (Lipinski definition) is 1. The van der Waals surface area contributed by atoms with Gasteiger partial charge in [-0.2, -0.15) is 0 Å². The Hall–Kier alpha value is -0.910. The van der Waals surface area contributed by atoms with Crippen molar-refractivity contribution in [2.45, 2.75) is 32.8 Å². The summed E-state index contributed by atoms with van der Waals surface area (Å²) in [7, 11) is 0. The third kappa shape index (κ3) is 3.81. The van der Waals surface area contributed by atoms with Gasteiger partial charge in [-0.3, -0.25) is 4.90 Å². The summed E-state index contributed by atoms with van der Waals surface area (Å²) in [4.78, 5) is 13.0. The Labute approximate surface area is 125 Å². The van der Waals surface area contributed by atoms with Gasteiger partial charge < -0.3 is 10.0 Å². The highest BCUT2D eigenvalue weighted by Gasteiger charge is 2.24. The molecule has 0 spiro atoms. The van der Waals surface area contributed by atoms with E-state index >= 15 is 0 Å². The Morgan fingerprint density at radius 1 is 1.25 bits per heavy atom. The molecule has 1 fully saturated rings. The van der Waals surface area contributed by atoms with E-state index in [2.05, 4.69) is 26.7 Å². The Kier molecular flexibility index (Phi) is 4.83. The number of nitrogens with zero attached hydrogens (tertiary/aromatic N) is 4. The average molecular weight is 299 g/mol. The molecule has 112 valence electrons. The summed E-state index contributed by atoms with van der Waals surface area (Å²) in [6.45, 7) is 10.1. The molecule has 1 aromatic heterocycles. The van der Waals surface area contributed by atoms with E-state index in [-0.39, 0.29) is 0 Å². The monoisotopic (exact) mass is 298 g/mol. The summed E-state index contributed by atoms with van der Waals surface area (Å²) in [6.07, 6.45) is 2.36. The topological polar surface area (TPSA) is 52.5 Å². The van der Waals surface area contributed by atoms with Crippen LogP contribution in [0.4, 0.5) is 5.82 Å². The molecule has 1 N–H and O–H groups in total. The molecule has 20 heavy (non-hydrogen) atoms. The summed E-state index contributed by atoms with van der Waals surface area (Å²) in [5, 5.41) is 10.4. The highest BCUT2D eigenvalue weighted by Crippen LogP contribution is 2.24. The fourth-order valence-electron chi connectivity index (χ4n) is 2.62. The molecule has 0 aliphatic carbocycles. The van der Waals surface area contributed by atoms with Crippen molar-refractivity contribution in [1.82, 2.24) is 14.9 Å². The van der Waals surface area contributed by atoms with Crippen LogP contribution in [-0.4, -0.2) is 58.3 Å². The van der Waals surface area contributed by atoms with Crippen LogP contribution in [0.2, 0.25) is 5.15 Å². The lowest BCUT2D eigenvalue weighted by Crippen LogP contribution is -2.50. The Balaban J connectivity index is 2.02. The van der Waals surface area contributed by atoms with Gasteiger partial charge in [0.2, 0.25) is 0 Å². The van der Waals surface area contributed by atoms with Crippen molar-refractivity contribution in [2.75, 3.05) is 37.6 Å². The number of aliphatic hydroxyl groups is 1. The summed E-state index contributed by atoms with van der Waals surface area (Å²) in [6, 6.07) is 0. The maximum absolute atomic E-state index is 9.88. The molecule has 0 radical (unpaired) electrons. The van der Waals surface area contributed by atoms with Crippen LogP contribution >= 0.6 is 11.6 Å². The van der Waals surface area contributed by atoms with E-state index in [0.29, 0.717) is 11.7 Å². The van der Waals surface area contributed by atoms with Gasteiger partial charge in [0, 0.05) is 38.3 Å². The normalized spacial score (nSPS) is 17.6. The quantitative estimate of drug-likeness (QED) is 0.856. The molecule has 0 atom stereocenters. The van der Waals surface area contributed by atoms with E-state index in [4.69, 9.17) is 11.6 Å². The highest BCUT2D eigenvalue weighted by molar-refractivity contribution is 6.30. The van der Waals surface area contributed by atoms with Crippen LogP contribution in [-0.2, 0) is 6.42 Å². The molecule has 0 aromatic carbocycles. The number of anilines is 1. The summed E-state index contributed by atoms with van der Waals surface area (Å²) in [5.41, 5.74) is 0.375. The lowest BCUT2D eigenvalue weighted by atomic mass is 10.1. The van der Waals surface area contributed by atoms with Gasteiger partial charge in [-0.25, -0.2) is 9.97 Å². The minimum Gasteiger partial charge on any atom is -0.389 e. The molecule has 0 bridgehead atoms. The van der Waals surface area contributed by atoms with Crippen molar-refractivity contribution in [3.8, 4) is 0 Å². The van der Waals surface area contributed by atoms with Crippen LogP contribution in [0, 0.1) is 0 Å². The van der Waals surface area contributed by atoms with E-state index < -0.39 is 5.60 Å². The largest absolute Gasteiger partial charge is 0.389 e. The van der Waals surface area contributed by atoms with Gasteiger partial charge in [-0.15, -0.1) is 0 Å². The van der Waals surface area contributed by atoms with Crippen molar-refractivity contribution in [1.29, 1.82) is 0 Å². The standard InChI is InChI=1S/C14H23ClN4O/c1-4-11-12(15)16-10-17-13(11)19-7-5-18(6-8-19)9-14(2,3)20/h10,20H,4-9H2,1-3H3. The molecule has 1 aromatic rings. The van der Waals surface area contributed by atoms with Gasteiger partial charge in [0.25, 0.3) is 0 Å². The Bertz CT molecular complexity index is 453. The minimum absolute atomic E-state index is 0.552. The molecular weight excluding hydrogens is 276 g/mol. The second kappa shape index (κ2) is 6.24. The van der Waals surface area contributed by atoms with Crippen LogP contribution in [0.1, 0.15) is 26.3 Å². The van der Waals surface area contributed by atoms with Crippen molar-refractivity contribution in [2.24, 2.45) is 0 Å². The first-order valence-corrected chi connectivity index (χ1v) is 7.47. The van der Waals surface area contributed by atoms with Gasteiger partial charge >= 0.3 is 0 Å². The van der Waals surface area contributed by atoms with E-state index in [1.807, 2.05) is 13.8 Å². The predicted molar refractivity (Wildman–Crippen MR) is 81.4 cm³/mol. The predicted octanol–water partition coefficient (Wildman–Crippen LogP) is 1.59. The van der Waals surface area contributed by atoms with Gasteiger partial charge in [0.15, 0.2) is 0 Å². The molecule has 2 heterocycles. The maximum atomic E-state index is 9.88. The van der Waals surface area contributed by atoms with Crippen molar-refractivity contribution < 1.29 is 5.11 Å². The molecule has 1 saturated heterocycles. The number of hydrogen-bond acceptors (Lipinski definition) is 5. The van der Waals surface area contributed by atoms with Crippen molar-refractivity contribution in [3.63, 3.8) is 0 Å². The van der Waals surface area contributed by atoms with E-state index in [1.54, 1.807) is 0 Å². The smallest absolute Gasteiger partial charge is 0.137 e. The zero-order valence-electron chi connectivity index (χ0n) is 12.4. The third-order valence-corrected chi connectivity index (χ3v) is 3.83.